The molecule has 3 rings (SSSR count). The number of benzene rings is 2. The van der Waals surface area contributed by atoms with E-state index in [4.69, 9.17) is 4.42 Å². The maximum Gasteiger partial charge on any atom is 0.224 e. The predicted molar refractivity (Wildman–Crippen MR) is 80.7 cm³/mol. The van der Waals surface area contributed by atoms with Gasteiger partial charge in [0.15, 0.2) is 11.5 Å². The van der Waals surface area contributed by atoms with E-state index < -0.39 is 0 Å². The van der Waals surface area contributed by atoms with Crippen LogP contribution in [0.3, 0.4) is 0 Å². The van der Waals surface area contributed by atoms with Crippen LogP contribution in [0.1, 0.15) is 17.0 Å². The van der Waals surface area contributed by atoms with Crippen molar-refractivity contribution < 1.29 is 13.6 Å². The summed E-state index contributed by atoms with van der Waals surface area (Å²) < 4.78 is 18.5. The zero-order valence-electron chi connectivity index (χ0n) is 12.1. The average molecular weight is 298 g/mol. The molecule has 1 amide bonds. The van der Waals surface area contributed by atoms with Crippen LogP contribution in [0.15, 0.2) is 46.9 Å². The molecule has 0 aliphatic carbocycles. The molecule has 0 spiro atoms. The minimum absolute atomic E-state index is 0.153. The molecule has 1 N–H and O–H groups in total. The summed E-state index contributed by atoms with van der Waals surface area (Å²) in [5.74, 6) is 0.123. The number of aromatic nitrogens is 1. The molecule has 3 aromatic rings. The van der Waals surface area contributed by atoms with Crippen LogP contribution in [-0.2, 0) is 17.8 Å². The lowest BCUT2D eigenvalue weighted by atomic mass is 10.1. The molecule has 4 nitrogen and oxygen atoms in total. The fourth-order valence-electron chi connectivity index (χ4n) is 2.29. The molecule has 0 bridgehead atoms. The highest BCUT2D eigenvalue weighted by Crippen LogP contribution is 2.16. The van der Waals surface area contributed by atoms with Crippen LogP contribution in [0.5, 0.6) is 0 Å². The van der Waals surface area contributed by atoms with E-state index >= 15 is 0 Å². The van der Waals surface area contributed by atoms with Gasteiger partial charge in [0.1, 0.15) is 11.3 Å². The number of fused-ring (bicyclic) bond motifs is 1. The van der Waals surface area contributed by atoms with Crippen molar-refractivity contribution in [3.05, 3.63) is 65.3 Å². The van der Waals surface area contributed by atoms with Gasteiger partial charge in [0, 0.05) is 13.5 Å². The first-order chi connectivity index (χ1) is 10.6. The molecule has 0 radical (unpaired) electrons. The quantitative estimate of drug-likeness (QED) is 0.805. The standard InChI is InChI=1S/C17H15FN2O2/c1-11-20-15-6-5-13(8-16(15)22-11)10-19-17(21)9-12-3-2-4-14(18)7-12/h2-8H,9-10H2,1H3,(H,19,21). The van der Waals surface area contributed by atoms with Gasteiger partial charge < -0.3 is 9.73 Å². The molecule has 0 saturated carbocycles. The van der Waals surface area contributed by atoms with Gasteiger partial charge in [-0.05, 0) is 35.4 Å². The van der Waals surface area contributed by atoms with E-state index in [1.807, 2.05) is 18.2 Å². The van der Waals surface area contributed by atoms with Gasteiger partial charge in [0.2, 0.25) is 5.91 Å². The molecule has 1 heterocycles. The lowest BCUT2D eigenvalue weighted by Gasteiger charge is -2.05. The summed E-state index contributed by atoms with van der Waals surface area (Å²) in [5, 5.41) is 2.81. The molecule has 0 unspecified atom stereocenters. The van der Waals surface area contributed by atoms with Crippen LogP contribution in [0, 0.1) is 12.7 Å². The Morgan fingerprint density at radius 3 is 2.91 bits per heavy atom. The minimum Gasteiger partial charge on any atom is -0.441 e. The molecular weight excluding hydrogens is 283 g/mol. The van der Waals surface area contributed by atoms with Gasteiger partial charge in [-0.15, -0.1) is 0 Å². The minimum atomic E-state index is -0.337. The van der Waals surface area contributed by atoms with Crippen LogP contribution >= 0.6 is 0 Å². The van der Waals surface area contributed by atoms with E-state index in [2.05, 4.69) is 10.3 Å². The topological polar surface area (TPSA) is 55.1 Å². The molecule has 0 atom stereocenters. The number of carbonyl (C=O) groups excluding carboxylic acids is 1. The van der Waals surface area contributed by atoms with Crippen LogP contribution in [0.25, 0.3) is 11.1 Å². The number of amides is 1. The third-order valence-electron chi connectivity index (χ3n) is 3.30. The van der Waals surface area contributed by atoms with Crippen LogP contribution in [0.2, 0.25) is 0 Å². The number of hydrogen-bond donors (Lipinski definition) is 1. The molecule has 0 aliphatic rings. The van der Waals surface area contributed by atoms with Gasteiger partial charge in [-0.3, -0.25) is 4.79 Å². The van der Waals surface area contributed by atoms with Crippen molar-refractivity contribution in [3.63, 3.8) is 0 Å². The average Bonchev–Trinajstić information content (AvgIpc) is 2.84. The number of halogens is 1. The zero-order chi connectivity index (χ0) is 15.5. The Bertz CT molecular complexity index is 826. The van der Waals surface area contributed by atoms with Gasteiger partial charge in [-0.2, -0.15) is 0 Å². The maximum absolute atomic E-state index is 13.1. The fraction of sp³-hybridized carbons (Fsp3) is 0.176. The number of nitrogens with zero attached hydrogens (tertiary/aromatic N) is 1. The first-order valence-corrected chi connectivity index (χ1v) is 6.97. The number of rotatable bonds is 4. The van der Waals surface area contributed by atoms with Crippen molar-refractivity contribution in [1.82, 2.24) is 10.3 Å². The highest BCUT2D eigenvalue weighted by molar-refractivity contribution is 5.79. The van der Waals surface area contributed by atoms with E-state index in [1.54, 1.807) is 19.1 Å². The molecule has 0 fully saturated rings. The third kappa shape index (κ3) is 3.31. The van der Waals surface area contributed by atoms with Gasteiger partial charge in [-0.1, -0.05) is 18.2 Å². The first-order valence-electron chi connectivity index (χ1n) is 6.97. The van der Waals surface area contributed by atoms with Crippen LogP contribution < -0.4 is 5.32 Å². The Kier molecular flexibility index (Phi) is 3.87. The summed E-state index contributed by atoms with van der Waals surface area (Å²) in [7, 11) is 0. The van der Waals surface area contributed by atoms with Crippen molar-refractivity contribution in [1.29, 1.82) is 0 Å². The summed E-state index contributed by atoms with van der Waals surface area (Å²) in [5.41, 5.74) is 3.08. The molecule has 2 aromatic carbocycles. The second-order valence-corrected chi connectivity index (χ2v) is 5.12. The molecule has 112 valence electrons. The van der Waals surface area contributed by atoms with E-state index in [1.165, 1.54) is 12.1 Å². The lowest BCUT2D eigenvalue weighted by molar-refractivity contribution is -0.120. The van der Waals surface area contributed by atoms with E-state index in [9.17, 15) is 9.18 Å². The number of oxazole rings is 1. The first kappa shape index (κ1) is 14.3. The third-order valence-corrected chi connectivity index (χ3v) is 3.30. The van der Waals surface area contributed by atoms with E-state index in [0.29, 0.717) is 23.6 Å². The van der Waals surface area contributed by atoms with Crippen molar-refractivity contribution >= 4 is 17.0 Å². The molecular formula is C17H15FN2O2. The highest BCUT2D eigenvalue weighted by atomic mass is 19.1. The summed E-state index contributed by atoms with van der Waals surface area (Å²) in [6, 6.07) is 11.7. The van der Waals surface area contributed by atoms with Crippen molar-refractivity contribution in [2.24, 2.45) is 0 Å². The fourth-order valence-corrected chi connectivity index (χ4v) is 2.29. The van der Waals surface area contributed by atoms with Gasteiger partial charge >= 0.3 is 0 Å². The largest absolute Gasteiger partial charge is 0.441 e. The van der Waals surface area contributed by atoms with Crippen molar-refractivity contribution in [3.8, 4) is 0 Å². The van der Waals surface area contributed by atoms with Crippen molar-refractivity contribution in [2.45, 2.75) is 19.9 Å². The second kappa shape index (κ2) is 5.97. The summed E-state index contributed by atoms with van der Waals surface area (Å²) in [6.07, 6.45) is 0.154. The highest BCUT2D eigenvalue weighted by Gasteiger charge is 2.06. The Morgan fingerprint density at radius 1 is 1.23 bits per heavy atom. The maximum atomic E-state index is 13.1. The van der Waals surface area contributed by atoms with Crippen LogP contribution in [-0.4, -0.2) is 10.9 Å². The predicted octanol–water partition coefficient (Wildman–Crippen LogP) is 3.13. The van der Waals surface area contributed by atoms with E-state index in [-0.39, 0.29) is 18.1 Å². The molecule has 22 heavy (non-hydrogen) atoms. The normalized spacial score (nSPS) is 10.8. The van der Waals surface area contributed by atoms with Gasteiger partial charge in [-0.25, -0.2) is 9.37 Å². The Labute approximate surface area is 127 Å². The smallest absolute Gasteiger partial charge is 0.224 e. The van der Waals surface area contributed by atoms with Gasteiger partial charge in [0.05, 0.1) is 6.42 Å². The molecule has 5 heteroatoms. The van der Waals surface area contributed by atoms with Gasteiger partial charge in [0.25, 0.3) is 0 Å². The zero-order valence-corrected chi connectivity index (χ0v) is 12.1. The molecule has 0 aliphatic heterocycles. The number of aryl methyl sites for hydroxylation is 1. The Morgan fingerprint density at radius 2 is 2.09 bits per heavy atom. The van der Waals surface area contributed by atoms with E-state index in [0.717, 1.165) is 11.1 Å². The number of carbonyl (C=O) groups is 1. The summed E-state index contributed by atoms with van der Waals surface area (Å²) in [6.45, 7) is 2.18. The van der Waals surface area contributed by atoms with Crippen LogP contribution in [0.4, 0.5) is 4.39 Å². The Hall–Kier alpha value is -2.69. The summed E-state index contributed by atoms with van der Waals surface area (Å²) in [4.78, 5) is 16.1. The number of nitrogens with one attached hydrogen (secondary N) is 1. The SMILES string of the molecule is Cc1nc2ccc(CNC(=O)Cc3cccc(F)c3)cc2o1. The number of hydrogen-bond acceptors (Lipinski definition) is 3. The lowest BCUT2D eigenvalue weighted by Crippen LogP contribution is -2.24. The second-order valence-electron chi connectivity index (χ2n) is 5.12. The molecule has 1 aromatic heterocycles. The monoisotopic (exact) mass is 298 g/mol. The Balaban J connectivity index is 1.62. The molecule has 0 saturated heterocycles. The summed E-state index contributed by atoms with van der Waals surface area (Å²) >= 11 is 0. The van der Waals surface area contributed by atoms with Crippen molar-refractivity contribution in [2.75, 3.05) is 0 Å².